The van der Waals surface area contributed by atoms with Crippen molar-refractivity contribution in [1.29, 1.82) is 0 Å². The van der Waals surface area contributed by atoms with Crippen LogP contribution in [0.1, 0.15) is 10.5 Å². The minimum absolute atomic E-state index is 0.152. The second kappa shape index (κ2) is 4.21. The average molecular weight is 332 g/mol. The van der Waals surface area contributed by atoms with E-state index in [4.69, 9.17) is 5.73 Å². The Morgan fingerprint density at radius 2 is 2.13 bits per heavy atom. The molecule has 1 aromatic rings. The Balaban J connectivity index is 3.21. The second-order valence-electron chi connectivity index (χ2n) is 2.41. The Kier molecular flexibility index (Phi) is 3.37. The monoisotopic (exact) mass is 332 g/mol. The van der Waals surface area contributed by atoms with Crippen LogP contribution in [0.3, 0.4) is 0 Å². The highest BCUT2D eigenvalue weighted by Crippen LogP contribution is 2.31. The predicted octanol–water partition coefficient (Wildman–Crippen LogP) is 1.98. The highest BCUT2D eigenvalue weighted by Gasteiger charge is 2.33. The zero-order valence-corrected chi connectivity index (χ0v) is 9.17. The molecule has 0 aliphatic carbocycles. The predicted molar refractivity (Wildman–Crippen MR) is 53.4 cm³/mol. The highest BCUT2D eigenvalue weighted by molar-refractivity contribution is 14.1. The van der Waals surface area contributed by atoms with Gasteiger partial charge < -0.3 is 10.5 Å². The molecule has 0 spiro atoms. The van der Waals surface area contributed by atoms with Crippen LogP contribution in [-0.2, 0) is 0 Å². The molecule has 0 unspecified atom stereocenters. The number of carbonyl (C=O) groups is 1. The molecule has 0 aliphatic rings. The fourth-order valence-electron chi connectivity index (χ4n) is 0.847. The Hall–Kier alpha value is -1.06. The number of nitrogens with two attached hydrogens (primary N) is 1. The fourth-order valence-corrected chi connectivity index (χ4v) is 1.44. The first-order chi connectivity index (χ1) is 6.83. The number of halogens is 4. The quantitative estimate of drug-likeness (QED) is 0.511. The van der Waals surface area contributed by atoms with Gasteiger partial charge in [0, 0.05) is 0 Å². The summed E-state index contributed by atoms with van der Waals surface area (Å²) >= 11 is 1.72. The Labute approximate surface area is 95.8 Å². The summed E-state index contributed by atoms with van der Waals surface area (Å²) in [5.41, 5.74) is 4.52. The van der Waals surface area contributed by atoms with Gasteiger partial charge in [0.05, 0.1) is 5.69 Å². The molecule has 4 nitrogen and oxygen atoms in total. The fraction of sp³-hybridized carbons (Fsp3) is 0.143. The molecular weight excluding hydrogens is 328 g/mol. The van der Waals surface area contributed by atoms with Gasteiger partial charge in [0.15, 0.2) is 12.0 Å². The summed E-state index contributed by atoms with van der Waals surface area (Å²) in [7, 11) is 0. The van der Waals surface area contributed by atoms with E-state index >= 15 is 0 Å². The van der Waals surface area contributed by atoms with Gasteiger partial charge in [-0.05, 0) is 28.7 Å². The molecule has 82 valence electrons. The first-order valence-electron chi connectivity index (χ1n) is 3.50. The minimum atomic E-state index is -4.90. The summed E-state index contributed by atoms with van der Waals surface area (Å²) in [5, 5.41) is 0. The van der Waals surface area contributed by atoms with E-state index in [0.29, 0.717) is 3.70 Å². The summed E-state index contributed by atoms with van der Waals surface area (Å²) in [6.07, 6.45) is -4.75. The molecule has 8 heteroatoms. The number of hydrogen-bond donors (Lipinski definition) is 1. The molecule has 0 bridgehead atoms. The summed E-state index contributed by atoms with van der Waals surface area (Å²) < 4.78 is 39.6. The van der Waals surface area contributed by atoms with Crippen LogP contribution in [0, 0.1) is 3.70 Å². The molecule has 0 fully saturated rings. The van der Waals surface area contributed by atoms with Crippen LogP contribution in [0.25, 0.3) is 0 Å². The van der Waals surface area contributed by atoms with E-state index in [0.717, 1.165) is 0 Å². The van der Waals surface area contributed by atoms with Gasteiger partial charge in [-0.1, -0.05) is 0 Å². The molecular formula is C7H4F3IN2O2. The number of alkyl halides is 3. The van der Waals surface area contributed by atoms with Crippen molar-refractivity contribution < 1.29 is 22.7 Å². The van der Waals surface area contributed by atoms with E-state index in [1.165, 1.54) is 6.07 Å². The lowest BCUT2D eigenvalue weighted by molar-refractivity contribution is -0.274. The molecule has 1 aromatic heterocycles. The van der Waals surface area contributed by atoms with Gasteiger partial charge in [0.1, 0.15) is 9.39 Å². The lowest BCUT2D eigenvalue weighted by Crippen LogP contribution is -2.19. The maximum absolute atomic E-state index is 11.9. The van der Waals surface area contributed by atoms with E-state index in [9.17, 15) is 18.0 Å². The molecule has 0 saturated heterocycles. The van der Waals surface area contributed by atoms with Crippen molar-refractivity contribution in [3.05, 3.63) is 15.5 Å². The van der Waals surface area contributed by atoms with Gasteiger partial charge in [-0.3, -0.25) is 4.79 Å². The van der Waals surface area contributed by atoms with Crippen LogP contribution in [0.5, 0.6) is 5.75 Å². The van der Waals surface area contributed by atoms with Crippen molar-refractivity contribution in [3.63, 3.8) is 0 Å². The molecule has 1 rings (SSSR count). The number of hydrogen-bond acceptors (Lipinski definition) is 4. The number of aromatic nitrogens is 1. The van der Waals surface area contributed by atoms with Crippen molar-refractivity contribution in [2.45, 2.75) is 6.36 Å². The van der Waals surface area contributed by atoms with Crippen molar-refractivity contribution >= 4 is 34.6 Å². The van der Waals surface area contributed by atoms with Crippen molar-refractivity contribution in [2.75, 3.05) is 5.73 Å². The van der Waals surface area contributed by atoms with Gasteiger partial charge in [0.25, 0.3) is 0 Å². The smallest absolute Gasteiger partial charge is 0.401 e. The third kappa shape index (κ3) is 3.22. The SMILES string of the molecule is Nc1cc(I)nc(C=O)c1OC(F)(F)F. The molecule has 15 heavy (non-hydrogen) atoms. The number of pyridine rings is 1. The summed E-state index contributed by atoms with van der Waals surface area (Å²) in [4.78, 5) is 14.0. The van der Waals surface area contributed by atoms with E-state index in [1.807, 2.05) is 0 Å². The number of carbonyl (C=O) groups excluding carboxylic acids is 1. The van der Waals surface area contributed by atoms with Crippen molar-refractivity contribution in [1.82, 2.24) is 4.98 Å². The number of ether oxygens (including phenoxy) is 1. The number of rotatable bonds is 2. The third-order valence-corrected chi connectivity index (χ3v) is 1.88. The number of aldehydes is 1. The first kappa shape index (κ1) is 12.0. The third-order valence-electron chi connectivity index (χ3n) is 1.33. The maximum atomic E-state index is 11.9. The van der Waals surface area contributed by atoms with Gasteiger partial charge in [0.2, 0.25) is 0 Å². The molecule has 0 aliphatic heterocycles. The van der Waals surface area contributed by atoms with E-state index < -0.39 is 17.8 Å². The first-order valence-corrected chi connectivity index (χ1v) is 4.58. The van der Waals surface area contributed by atoms with E-state index in [2.05, 4.69) is 9.72 Å². The lowest BCUT2D eigenvalue weighted by Gasteiger charge is -2.12. The summed E-state index contributed by atoms with van der Waals surface area (Å²) in [6, 6.07) is 1.18. The van der Waals surface area contributed by atoms with Crippen LogP contribution in [0.2, 0.25) is 0 Å². The highest BCUT2D eigenvalue weighted by atomic mass is 127. The van der Waals surface area contributed by atoms with Crippen LogP contribution >= 0.6 is 22.6 Å². The maximum Gasteiger partial charge on any atom is 0.573 e. The molecule has 0 aromatic carbocycles. The number of anilines is 1. The molecule has 1 heterocycles. The largest absolute Gasteiger partial charge is 0.573 e. The minimum Gasteiger partial charge on any atom is -0.401 e. The van der Waals surface area contributed by atoms with Crippen LogP contribution < -0.4 is 10.5 Å². The van der Waals surface area contributed by atoms with Crippen LogP contribution in [-0.4, -0.2) is 17.6 Å². The molecule has 0 saturated carbocycles. The number of nitrogen functional groups attached to an aromatic ring is 1. The Morgan fingerprint density at radius 1 is 1.53 bits per heavy atom. The van der Waals surface area contributed by atoms with E-state index in [-0.39, 0.29) is 12.0 Å². The average Bonchev–Trinajstić information content (AvgIpc) is 2.07. The normalized spacial score (nSPS) is 11.2. The lowest BCUT2D eigenvalue weighted by atomic mass is 10.3. The second-order valence-corrected chi connectivity index (χ2v) is 3.52. The van der Waals surface area contributed by atoms with Gasteiger partial charge in [-0.25, -0.2) is 4.98 Å². The molecule has 0 atom stereocenters. The molecule has 0 radical (unpaired) electrons. The van der Waals surface area contributed by atoms with Gasteiger partial charge in [-0.2, -0.15) is 0 Å². The summed E-state index contributed by atoms with van der Waals surface area (Å²) in [6.45, 7) is 0. The van der Waals surface area contributed by atoms with Crippen LogP contribution in [0.15, 0.2) is 6.07 Å². The summed E-state index contributed by atoms with van der Waals surface area (Å²) in [5.74, 6) is -0.766. The van der Waals surface area contributed by atoms with Crippen LogP contribution in [0.4, 0.5) is 18.9 Å². The standard InChI is InChI=1S/C7H4F3IN2O2/c8-7(9,10)15-6-3(12)1-5(11)13-4(6)2-14/h1-2H,(H2,12,13). The molecule has 2 N–H and O–H groups in total. The Bertz CT molecular complexity index is 395. The number of nitrogens with zero attached hydrogens (tertiary/aromatic N) is 1. The van der Waals surface area contributed by atoms with E-state index in [1.54, 1.807) is 22.6 Å². The van der Waals surface area contributed by atoms with Gasteiger partial charge in [-0.15, -0.1) is 13.2 Å². The van der Waals surface area contributed by atoms with Gasteiger partial charge >= 0.3 is 6.36 Å². The van der Waals surface area contributed by atoms with Crippen molar-refractivity contribution in [2.24, 2.45) is 0 Å². The zero-order chi connectivity index (χ0) is 11.6. The molecule has 0 amide bonds. The van der Waals surface area contributed by atoms with Crippen molar-refractivity contribution in [3.8, 4) is 5.75 Å². The topological polar surface area (TPSA) is 65.2 Å². The Morgan fingerprint density at radius 3 is 2.60 bits per heavy atom. The zero-order valence-electron chi connectivity index (χ0n) is 7.01.